The third kappa shape index (κ3) is 5.27. The van der Waals surface area contributed by atoms with E-state index in [1.165, 1.54) is 6.92 Å². The predicted octanol–water partition coefficient (Wildman–Crippen LogP) is 3.36. The van der Waals surface area contributed by atoms with Crippen LogP contribution in [0.4, 0.5) is 4.79 Å². The van der Waals surface area contributed by atoms with E-state index in [4.69, 9.17) is 9.47 Å². The first-order valence-electron chi connectivity index (χ1n) is 9.02. The highest BCUT2D eigenvalue weighted by molar-refractivity contribution is 8.14. The molecule has 0 bridgehead atoms. The number of esters is 1. The summed E-state index contributed by atoms with van der Waals surface area (Å²) >= 11 is 1.11. The van der Waals surface area contributed by atoms with E-state index in [1.807, 2.05) is 55.5 Å². The third-order valence-electron chi connectivity index (χ3n) is 4.48. The Kier molecular flexibility index (Phi) is 6.59. The van der Waals surface area contributed by atoms with Crippen LogP contribution in [0.15, 0.2) is 48.5 Å². The monoisotopic (exact) mass is 401 g/mol. The lowest BCUT2D eigenvalue weighted by Crippen LogP contribution is -2.31. The SMILES string of the molecule is CC(=O)O[C@@H](COc1ccc(CC2SC(=O)NC2O)cc1)c1ccccc1C. The molecule has 3 atom stereocenters. The Morgan fingerprint density at radius 1 is 1.21 bits per heavy atom. The van der Waals surface area contributed by atoms with E-state index < -0.39 is 12.3 Å². The second-order valence-electron chi connectivity index (χ2n) is 6.65. The number of benzene rings is 2. The van der Waals surface area contributed by atoms with Crippen molar-refractivity contribution in [2.24, 2.45) is 0 Å². The lowest BCUT2D eigenvalue weighted by Gasteiger charge is -2.20. The maximum absolute atomic E-state index is 11.5. The number of aliphatic hydroxyl groups is 1. The summed E-state index contributed by atoms with van der Waals surface area (Å²) in [6, 6.07) is 15.2. The number of thioether (sulfide) groups is 1. The lowest BCUT2D eigenvalue weighted by atomic mass is 10.0. The van der Waals surface area contributed by atoms with Crippen LogP contribution in [0, 0.1) is 6.92 Å². The Balaban J connectivity index is 1.61. The molecular weight excluding hydrogens is 378 g/mol. The predicted molar refractivity (Wildman–Crippen MR) is 107 cm³/mol. The van der Waals surface area contributed by atoms with E-state index in [0.29, 0.717) is 12.2 Å². The third-order valence-corrected chi connectivity index (χ3v) is 5.54. The van der Waals surface area contributed by atoms with Crippen LogP contribution in [0.1, 0.15) is 29.7 Å². The van der Waals surface area contributed by atoms with Gasteiger partial charge in [-0.3, -0.25) is 9.59 Å². The van der Waals surface area contributed by atoms with Crippen LogP contribution < -0.4 is 10.1 Å². The average molecular weight is 401 g/mol. The molecule has 148 valence electrons. The van der Waals surface area contributed by atoms with Crippen molar-refractivity contribution >= 4 is 23.0 Å². The van der Waals surface area contributed by atoms with Crippen molar-refractivity contribution < 1.29 is 24.2 Å². The van der Waals surface area contributed by atoms with Gasteiger partial charge < -0.3 is 19.9 Å². The molecule has 0 saturated carbocycles. The molecule has 6 nitrogen and oxygen atoms in total. The summed E-state index contributed by atoms with van der Waals surface area (Å²) in [6.07, 6.45) is -0.739. The van der Waals surface area contributed by atoms with Gasteiger partial charge in [0.15, 0.2) is 6.10 Å². The average Bonchev–Trinajstić information content (AvgIpc) is 2.97. The van der Waals surface area contributed by atoms with Gasteiger partial charge in [-0.25, -0.2) is 0 Å². The van der Waals surface area contributed by atoms with Crippen LogP contribution in [0.25, 0.3) is 0 Å². The Bertz CT molecular complexity index is 839. The van der Waals surface area contributed by atoms with Gasteiger partial charge in [-0.1, -0.05) is 48.2 Å². The van der Waals surface area contributed by atoms with E-state index in [9.17, 15) is 14.7 Å². The first-order valence-corrected chi connectivity index (χ1v) is 9.90. The number of ether oxygens (including phenoxy) is 2. The molecule has 0 radical (unpaired) electrons. The summed E-state index contributed by atoms with van der Waals surface area (Å²) in [5, 5.41) is 11.9. The van der Waals surface area contributed by atoms with Crippen molar-refractivity contribution in [2.45, 2.75) is 37.9 Å². The van der Waals surface area contributed by atoms with Crippen molar-refractivity contribution in [1.29, 1.82) is 0 Å². The number of aryl methyl sites for hydroxylation is 1. The molecule has 2 aromatic carbocycles. The van der Waals surface area contributed by atoms with Crippen LogP contribution in [-0.2, 0) is 16.0 Å². The summed E-state index contributed by atoms with van der Waals surface area (Å²) in [5.74, 6) is 0.297. The molecule has 2 aromatic rings. The smallest absolute Gasteiger partial charge is 0.303 e. The zero-order chi connectivity index (χ0) is 20.1. The molecule has 0 spiro atoms. The summed E-state index contributed by atoms with van der Waals surface area (Å²) < 4.78 is 11.3. The minimum atomic E-state index is -0.827. The van der Waals surface area contributed by atoms with Crippen LogP contribution in [0.5, 0.6) is 5.75 Å². The fourth-order valence-corrected chi connectivity index (χ4v) is 4.00. The van der Waals surface area contributed by atoms with E-state index >= 15 is 0 Å². The Morgan fingerprint density at radius 2 is 1.93 bits per heavy atom. The van der Waals surface area contributed by atoms with Gasteiger partial charge in [-0.15, -0.1) is 0 Å². The number of carbonyl (C=O) groups excluding carboxylic acids is 2. The molecule has 0 aliphatic carbocycles. The molecular formula is C21H23NO5S. The standard InChI is InChI=1S/C21H23NO5S/c1-13-5-3-4-6-17(13)18(27-14(2)23)12-26-16-9-7-15(8-10-16)11-19-20(24)22-21(25)28-19/h3-10,18-20,24H,11-12H2,1-2H3,(H,22,25)/t18-,19?,20?/m0/s1. The van der Waals surface area contributed by atoms with Gasteiger partial charge >= 0.3 is 5.97 Å². The Labute approximate surface area is 168 Å². The van der Waals surface area contributed by atoms with Crippen LogP contribution in [0.3, 0.4) is 0 Å². The van der Waals surface area contributed by atoms with Gasteiger partial charge in [0, 0.05) is 6.92 Å². The van der Waals surface area contributed by atoms with E-state index in [-0.39, 0.29) is 23.1 Å². The molecule has 2 unspecified atom stereocenters. The van der Waals surface area contributed by atoms with Crippen molar-refractivity contribution in [1.82, 2.24) is 5.32 Å². The number of nitrogens with one attached hydrogen (secondary N) is 1. The first kappa shape index (κ1) is 20.2. The number of aliphatic hydroxyl groups excluding tert-OH is 1. The zero-order valence-electron chi connectivity index (χ0n) is 15.8. The molecule has 1 fully saturated rings. The molecule has 1 aliphatic rings. The summed E-state index contributed by atoms with van der Waals surface area (Å²) in [5.41, 5.74) is 2.94. The van der Waals surface area contributed by atoms with Gasteiger partial charge in [-0.05, 0) is 42.2 Å². The summed E-state index contributed by atoms with van der Waals surface area (Å²) in [4.78, 5) is 22.8. The number of amides is 1. The second-order valence-corrected chi connectivity index (χ2v) is 7.86. The Hall–Kier alpha value is -2.51. The number of hydrogen-bond donors (Lipinski definition) is 2. The highest BCUT2D eigenvalue weighted by Crippen LogP contribution is 2.27. The number of hydrogen-bond acceptors (Lipinski definition) is 6. The fourth-order valence-electron chi connectivity index (χ4n) is 3.06. The maximum atomic E-state index is 11.5. The van der Waals surface area contributed by atoms with Crippen molar-refractivity contribution in [3.63, 3.8) is 0 Å². The van der Waals surface area contributed by atoms with Crippen molar-refractivity contribution in [2.75, 3.05) is 6.61 Å². The van der Waals surface area contributed by atoms with Crippen molar-refractivity contribution in [3.05, 3.63) is 65.2 Å². The molecule has 1 aliphatic heterocycles. The van der Waals surface area contributed by atoms with Crippen molar-refractivity contribution in [3.8, 4) is 5.75 Å². The lowest BCUT2D eigenvalue weighted by molar-refractivity contribution is -0.148. The van der Waals surface area contributed by atoms with Gasteiger partial charge in [0.05, 0.1) is 5.25 Å². The summed E-state index contributed by atoms with van der Waals surface area (Å²) in [6.45, 7) is 3.56. The first-order chi connectivity index (χ1) is 13.4. The maximum Gasteiger partial charge on any atom is 0.303 e. The second kappa shape index (κ2) is 9.12. The highest BCUT2D eigenvalue weighted by atomic mass is 32.2. The normalized spacial score (nSPS) is 19.8. The molecule has 7 heteroatoms. The number of carbonyl (C=O) groups is 2. The van der Waals surface area contributed by atoms with Crippen LogP contribution in [-0.4, -0.2) is 34.4 Å². The largest absolute Gasteiger partial charge is 0.489 e. The minimum absolute atomic E-state index is 0.200. The van der Waals surface area contributed by atoms with Crippen LogP contribution in [0.2, 0.25) is 0 Å². The van der Waals surface area contributed by atoms with Gasteiger partial charge in [-0.2, -0.15) is 0 Å². The van der Waals surface area contributed by atoms with Gasteiger partial charge in [0.25, 0.3) is 5.24 Å². The molecule has 28 heavy (non-hydrogen) atoms. The molecule has 0 aromatic heterocycles. The molecule has 1 heterocycles. The molecule has 1 saturated heterocycles. The molecule has 2 N–H and O–H groups in total. The summed E-state index contributed by atoms with van der Waals surface area (Å²) in [7, 11) is 0. The van der Waals surface area contributed by atoms with Crippen LogP contribution >= 0.6 is 11.8 Å². The van der Waals surface area contributed by atoms with E-state index in [0.717, 1.165) is 28.5 Å². The van der Waals surface area contributed by atoms with E-state index in [2.05, 4.69) is 5.32 Å². The minimum Gasteiger partial charge on any atom is -0.489 e. The highest BCUT2D eigenvalue weighted by Gasteiger charge is 2.31. The zero-order valence-corrected chi connectivity index (χ0v) is 16.6. The Morgan fingerprint density at radius 3 is 2.54 bits per heavy atom. The topological polar surface area (TPSA) is 84.9 Å². The quantitative estimate of drug-likeness (QED) is 0.692. The number of rotatable bonds is 7. The van der Waals surface area contributed by atoms with Gasteiger partial charge in [0.1, 0.15) is 18.6 Å². The molecule has 1 amide bonds. The van der Waals surface area contributed by atoms with E-state index in [1.54, 1.807) is 0 Å². The van der Waals surface area contributed by atoms with Gasteiger partial charge in [0.2, 0.25) is 0 Å². The fraction of sp³-hybridized carbons (Fsp3) is 0.333. The molecule has 3 rings (SSSR count).